The molecule has 0 spiro atoms. The molecule has 0 atom stereocenters. The monoisotopic (exact) mass is 630 g/mol. The Bertz CT molecular complexity index is 2540. The van der Waals surface area contributed by atoms with Gasteiger partial charge in [-0.25, -0.2) is 0 Å². The highest BCUT2D eigenvalue weighted by molar-refractivity contribution is 7.25. The molecule has 0 radical (unpaired) electrons. The average molecular weight is 631 g/mol. The number of aromatic nitrogens is 1. The lowest BCUT2D eigenvalue weighted by Gasteiger charge is -2.26. The number of thiophene rings is 1. The van der Waals surface area contributed by atoms with Crippen LogP contribution in [0.4, 0.5) is 17.1 Å². The number of anilines is 3. The molecule has 0 fully saturated rings. The van der Waals surface area contributed by atoms with Crippen LogP contribution in [0.15, 0.2) is 182 Å². The molecule has 2 heterocycles. The molecule has 0 aliphatic rings. The molecule has 48 heavy (non-hydrogen) atoms. The van der Waals surface area contributed by atoms with E-state index in [2.05, 4.69) is 180 Å². The molecule has 0 saturated carbocycles. The third kappa shape index (κ3) is 5.21. The van der Waals surface area contributed by atoms with E-state index in [1.165, 1.54) is 64.3 Å². The molecule has 0 aliphatic carbocycles. The smallest absolute Gasteiger partial charge is 0.0467 e. The van der Waals surface area contributed by atoms with E-state index in [0.29, 0.717) is 0 Å². The van der Waals surface area contributed by atoms with Crippen LogP contribution in [-0.4, -0.2) is 4.98 Å². The van der Waals surface area contributed by atoms with Gasteiger partial charge < -0.3 is 4.90 Å². The summed E-state index contributed by atoms with van der Waals surface area (Å²) in [7, 11) is 0. The largest absolute Gasteiger partial charge is 0.310 e. The maximum atomic E-state index is 4.33. The van der Waals surface area contributed by atoms with Gasteiger partial charge in [0.1, 0.15) is 0 Å². The Morgan fingerprint density at radius 2 is 0.938 bits per heavy atom. The second-order valence-corrected chi connectivity index (χ2v) is 13.2. The predicted octanol–water partition coefficient (Wildman–Crippen LogP) is 13.1. The lowest BCUT2D eigenvalue weighted by atomic mass is 10.0. The summed E-state index contributed by atoms with van der Waals surface area (Å²) in [6, 6.07) is 61.3. The fourth-order valence-corrected chi connectivity index (χ4v) is 7.85. The van der Waals surface area contributed by atoms with Gasteiger partial charge in [0.25, 0.3) is 0 Å². The zero-order chi connectivity index (χ0) is 31.9. The van der Waals surface area contributed by atoms with E-state index in [0.717, 1.165) is 17.1 Å². The number of hydrogen-bond acceptors (Lipinski definition) is 3. The van der Waals surface area contributed by atoms with E-state index in [1.807, 2.05) is 23.7 Å². The zero-order valence-corrected chi connectivity index (χ0v) is 26.9. The second kappa shape index (κ2) is 12.0. The van der Waals surface area contributed by atoms with Gasteiger partial charge in [0.15, 0.2) is 0 Å². The van der Waals surface area contributed by atoms with Gasteiger partial charge in [-0.15, -0.1) is 11.3 Å². The third-order valence-corrected chi connectivity index (χ3v) is 10.2. The minimum Gasteiger partial charge on any atom is -0.310 e. The Morgan fingerprint density at radius 3 is 1.65 bits per heavy atom. The second-order valence-electron chi connectivity index (χ2n) is 12.1. The number of nitrogens with zero attached hydrogens (tertiary/aromatic N) is 2. The van der Waals surface area contributed by atoms with Crippen molar-refractivity contribution in [1.82, 2.24) is 4.98 Å². The number of hydrogen-bond donors (Lipinski definition) is 0. The first-order valence-electron chi connectivity index (χ1n) is 16.2. The molecule has 226 valence electrons. The lowest BCUT2D eigenvalue weighted by molar-refractivity contribution is 1.28. The van der Waals surface area contributed by atoms with Gasteiger partial charge in [-0.1, -0.05) is 109 Å². The van der Waals surface area contributed by atoms with Crippen molar-refractivity contribution < 1.29 is 0 Å². The fraction of sp³-hybridized carbons (Fsp3) is 0. The summed E-state index contributed by atoms with van der Waals surface area (Å²) >= 11 is 1.86. The summed E-state index contributed by atoms with van der Waals surface area (Å²) in [5.74, 6) is 0. The Balaban J connectivity index is 1.10. The van der Waals surface area contributed by atoms with Gasteiger partial charge in [-0.2, -0.15) is 0 Å². The highest BCUT2D eigenvalue weighted by atomic mass is 32.1. The molecular formula is C45H30N2S. The van der Waals surface area contributed by atoms with Crippen LogP contribution in [-0.2, 0) is 0 Å². The van der Waals surface area contributed by atoms with Crippen LogP contribution >= 0.6 is 11.3 Å². The Hall–Kier alpha value is -6.03. The van der Waals surface area contributed by atoms with Crippen molar-refractivity contribution in [2.45, 2.75) is 0 Å². The Morgan fingerprint density at radius 1 is 0.375 bits per heavy atom. The van der Waals surface area contributed by atoms with Crippen LogP contribution in [0.1, 0.15) is 0 Å². The van der Waals surface area contributed by atoms with Crippen molar-refractivity contribution in [3.05, 3.63) is 182 Å². The van der Waals surface area contributed by atoms with Crippen LogP contribution in [0, 0.1) is 0 Å². The van der Waals surface area contributed by atoms with Crippen LogP contribution in [0.3, 0.4) is 0 Å². The normalized spacial score (nSPS) is 11.3. The maximum absolute atomic E-state index is 4.33. The number of fused-ring (bicyclic) bond motifs is 4. The summed E-state index contributed by atoms with van der Waals surface area (Å²) < 4.78 is 2.61. The molecule has 7 aromatic carbocycles. The van der Waals surface area contributed by atoms with Gasteiger partial charge in [0.05, 0.1) is 0 Å². The molecule has 2 nitrogen and oxygen atoms in total. The van der Waals surface area contributed by atoms with Crippen LogP contribution in [0.2, 0.25) is 0 Å². The molecule has 0 bridgehead atoms. The van der Waals surface area contributed by atoms with E-state index in [9.17, 15) is 0 Å². The summed E-state index contributed by atoms with van der Waals surface area (Å²) in [6.07, 6.45) is 3.82. The van der Waals surface area contributed by atoms with E-state index in [4.69, 9.17) is 0 Å². The van der Waals surface area contributed by atoms with Crippen molar-refractivity contribution in [1.29, 1.82) is 0 Å². The first-order valence-corrected chi connectivity index (χ1v) is 17.0. The maximum Gasteiger partial charge on any atom is 0.0467 e. The summed E-state index contributed by atoms with van der Waals surface area (Å²) in [6.45, 7) is 0. The fourth-order valence-electron chi connectivity index (χ4n) is 6.68. The minimum absolute atomic E-state index is 1.11. The first-order chi connectivity index (χ1) is 23.8. The molecular weight excluding hydrogens is 601 g/mol. The Kier molecular flexibility index (Phi) is 7.03. The van der Waals surface area contributed by atoms with Gasteiger partial charge in [-0.05, 0) is 99.4 Å². The van der Waals surface area contributed by atoms with Crippen molar-refractivity contribution in [3.63, 3.8) is 0 Å². The first kappa shape index (κ1) is 28.2. The Labute approximate surface area is 283 Å². The molecule has 0 saturated heterocycles. The highest BCUT2D eigenvalue weighted by Gasteiger charge is 2.15. The SMILES string of the molecule is c1ccc(-c2ccc(N(c3ccc(-c4ccc5c(c4)sc4cc6ccncc6cc45)cc3)c3cccc(-c4ccccc4)c3)cc2)cc1. The number of pyridine rings is 1. The molecule has 3 heteroatoms. The molecule has 0 aliphatic heterocycles. The summed E-state index contributed by atoms with van der Waals surface area (Å²) in [5.41, 5.74) is 10.6. The average Bonchev–Trinajstić information content (AvgIpc) is 3.52. The molecule has 0 unspecified atom stereocenters. The standard InChI is InChI=1S/C45H30N2S/c1-3-8-31(9-4-1)33-14-19-39(20-15-33)47(41-13-7-12-35(26-41)32-10-5-2-6-11-32)40-21-16-34(17-22-40)36-18-23-42-43-27-38-30-46-25-24-37(38)29-45(43)48-44(42)28-36/h1-30H. The van der Waals surface area contributed by atoms with Gasteiger partial charge in [-0.3, -0.25) is 4.98 Å². The summed E-state index contributed by atoms with van der Waals surface area (Å²) in [5, 5.41) is 5.00. The minimum atomic E-state index is 1.11. The van der Waals surface area contributed by atoms with Gasteiger partial charge >= 0.3 is 0 Å². The topological polar surface area (TPSA) is 16.1 Å². The van der Waals surface area contributed by atoms with Crippen LogP contribution < -0.4 is 4.90 Å². The summed E-state index contributed by atoms with van der Waals surface area (Å²) in [4.78, 5) is 6.68. The van der Waals surface area contributed by atoms with E-state index >= 15 is 0 Å². The third-order valence-electron chi connectivity index (χ3n) is 9.13. The van der Waals surface area contributed by atoms with E-state index in [1.54, 1.807) is 0 Å². The van der Waals surface area contributed by atoms with E-state index < -0.39 is 0 Å². The zero-order valence-electron chi connectivity index (χ0n) is 26.1. The molecule has 9 rings (SSSR count). The van der Waals surface area contributed by atoms with Gasteiger partial charge in [0.2, 0.25) is 0 Å². The highest BCUT2D eigenvalue weighted by Crippen LogP contribution is 2.41. The van der Waals surface area contributed by atoms with Crippen LogP contribution in [0.25, 0.3) is 64.3 Å². The van der Waals surface area contributed by atoms with Crippen molar-refractivity contribution in [3.8, 4) is 33.4 Å². The number of rotatable bonds is 6. The van der Waals surface area contributed by atoms with Gasteiger partial charge in [0, 0.05) is 55.0 Å². The molecule has 0 amide bonds. The quantitative estimate of drug-likeness (QED) is 0.182. The lowest BCUT2D eigenvalue weighted by Crippen LogP contribution is -2.10. The molecule has 0 N–H and O–H groups in total. The van der Waals surface area contributed by atoms with Crippen molar-refractivity contribution >= 4 is 59.3 Å². The van der Waals surface area contributed by atoms with E-state index in [-0.39, 0.29) is 0 Å². The predicted molar refractivity (Wildman–Crippen MR) is 206 cm³/mol. The van der Waals surface area contributed by atoms with Crippen molar-refractivity contribution in [2.24, 2.45) is 0 Å². The van der Waals surface area contributed by atoms with Crippen LogP contribution in [0.5, 0.6) is 0 Å². The van der Waals surface area contributed by atoms with Crippen molar-refractivity contribution in [2.75, 3.05) is 4.90 Å². The molecule has 2 aromatic heterocycles. The molecule has 9 aromatic rings. The number of benzene rings is 7.